The van der Waals surface area contributed by atoms with E-state index in [1.165, 1.54) is 0 Å². The van der Waals surface area contributed by atoms with E-state index in [1.54, 1.807) is 0 Å². The summed E-state index contributed by atoms with van der Waals surface area (Å²) >= 11 is 0. The number of hydrogen-bond donors (Lipinski definition) is 1. The molecule has 3 aliphatic rings. The molecule has 21 heavy (non-hydrogen) atoms. The molecule has 4 rings (SSSR count). The Morgan fingerprint density at radius 1 is 1.24 bits per heavy atom. The Morgan fingerprint density at radius 3 is 2.71 bits per heavy atom. The number of carbonyl (C=O) groups is 1. The van der Waals surface area contributed by atoms with Crippen molar-refractivity contribution < 1.29 is 19.0 Å². The summed E-state index contributed by atoms with van der Waals surface area (Å²) < 4.78 is 16.8. The van der Waals surface area contributed by atoms with Gasteiger partial charge in [0.25, 0.3) is 0 Å². The van der Waals surface area contributed by atoms with E-state index in [9.17, 15) is 4.79 Å². The lowest BCUT2D eigenvalue weighted by atomic mass is 9.73. The predicted octanol–water partition coefficient (Wildman–Crippen LogP) is 1.82. The molecule has 1 aromatic rings. The highest BCUT2D eigenvalue weighted by Crippen LogP contribution is 2.49. The smallest absolute Gasteiger partial charge is 0.318 e. The lowest BCUT2D eigenvalue weighted by molar-refractivity contribution is -0.155. The molecule has 0 saturated carbocycles. The second kappa shape index (κ2) is 4.45. The number of para-hydroxylation sites is 1. The largest absolute Gasteiger partial charge is 0.465 e. The predicted molar refractivity (Wildman–Crippen MR) is 76.0 cm³/mol. The number of carbonyl (C=O) groups excluding carboxylic acids is 1. The number of esters is 1. The van der Waals surface area contributed by atoms with Gasteiger partial charge >= 0.3 is 5.97 Å². The first-order chi connectivity index (χ1) is 10.1. The summed E-state index contributed by atoms with van der Waals surface area (Å²) in [5, 5.41) is 3.49. The molecule has 0 amide bonds. The van der Waals surface area contributed by atoms with Crippen LogP contribution in [0.4, 0.5) is 5.69 Å². The first-order valence-electron chi connectivity index (χ1n) is 7.45. The van der Waals surface area contributed by atoms with Gasteiger partial charge in [-0.25, -0.2) is 0 Å². The molecule has 5 nitrogen and oxygen atoms in total. The van der Waals surface area contributed by atoms with Gasteiger partial charge in [-0.1, -0.05) is 18.2 Å². The lowest BCUT2D eigenvalue weighted by Crippen LogP contribution is -2.47. The molecule has 0 aromatic heterocycles. The highest BCUT2D eigenvalue weighted by atomic mass is 16.7. The van der Waals surface area contributed by atoms with Gasteiger partial charge in [-0.15, -0.1) is 0 Å². The molecule has 0 unspecified atom stereocenters. The normalized spacial score (nSPS) is 33.0. The zero-order valence-corrected chi connectivity index (χ0v) is 12.1. The van der Waals surface area contributed by atoms with Crippen LogP contribution < -0.4 is 5.32 Å². The molecule has 3 aliphatic heterocycles. The molecule has 2 fully saturated rings. The van der Waals surface area contributed by atoms with E-state index in [4.69, 9.17) is 14.2 Å². The van der Waals surface area contributed by atoms with Crippen molar-refractivity contribution in [2.24, 2.45) is 0 Å². The third kappa shape index (κ3) is 1.80. The molecule has 1 spiro atoms. The highest BCUT2D eigenvalue weighted by Gasteiger charge is 2.58. The minimum Gasteiger partial charge on any atom is -0.465 e. The van der Waals surface area contributed by atoms with Crippen LogP contribution >= 0.6 is 0 Å². The van der Waals surface area contributed by atoms with E-state index in [-0.39, 0.29) is 12.0 Å². The van der Waals surface area contributed by atoms with Crippen molar-refractivity contribution in [2.75, 3.05) is 25.1 Å². The van der Waals surface area contributed by atoms with Crippen molar-refractivity contribution in [1.82, 2.24) is 0 Å². The van der Waals surface area contributed by atoms with Crippen molar-refractivity contribution in [3.8, 4) is 0 Å². The molecule has 1 aromatic carbocycles. The number of fused-ring (bicyclic) bond motifs is 2. The van der Waals surface area contributed by atoms with Gasteiger partial charge in [-0.3, -0.25) is 4.79 Å². The second-order valence-electron chi connectivity index (χ2n) is 6.13. The Kier molecular flexibility index (Phi) is 2.78. The molecule has 5 heteroatoms. The first-order valence-corrected chi connectivity index (χ1v) is 7.45. The van der Waals surface area contributed by atoms with Crippen molar-refractivity contribution in [3.63, 3.8) is 0 Å². The molecule has 3 heterocycles. The third-order valence-corrected chi connectivity index (χ3v) is 4.90. The van der Waals surface area contributed by atoms with Gasteiger partial charge < -0.3 is 19.5 Å². The lowest BCUT2D eigenvalue weighted by Gasteiger charge is -2.33. The van der Waals surface area contributed by atoms with Crippen LogP contribution in [0, 0.1) is 0 Å². The molecule has 2 atom stereocenters. The highest BCUT2D eigenvalue weighted by molar-refractivity contribution is 5.91. The minimum absolute atomic E-state index is 0.0620. The van der Waals surface area contributed by atoms with Crippen LogP contribution in [0.25, 0.3) is 0 Å². The average Bonchev–Trinajstić information content (AvgIpc) is 3.13. The van der Waals surface area contributed by atoms with Crippen molar-refractivity contribution in [1.29, 1.82) is 0 Å². The average molecular weight is 289 g/mol. The summed E-state index contributed by atoms with van der Waals surface area (Å²) in [5.41, 5.74) is 1.46. The fourth-order valence-corrected chi connectivity index (χ4v) is 3.86. The van der Waals surface area contributed by atoms with Crippen molar-refractivity contribution in [2.45, 2.75) is 37.0 Å². The van der Waals surface area contributed by atoms with Crippen molar-refractivity contribution >= 4 is 11.7 Å². The van der Waals surface area contributed by atoms with Gasteiger partial charge in [-0.05, 0) is 18.6 Å². The molecular formula is C16H19NO4. The SMILES string of the molecule is CC1(C[C@@H]2Nc3ccccc3[C@@]23CCOC3=O)OCCO1. The number of ether oxygens (including phenoxy) is 3. The number of benzene rings is 1. The van der Waals surface area contributed by atoms with Crippen LogP contribution in [-0.4, -0.2) is 37.6 Å². The zero-order valence-electron chi connectivity index (χ0n) is 12.1. The summed E-state index contributed by atoms with van der Waals surface area (Å²) in [6.07, 6.45) is 1.33. The Morgan fingerprint density at radius 2 is 2.00 bits per heavy atom. The molecule has 2 saturated heterocycles. The van der Waals surface area contributed by atoms with Gasteiger partial charge in [0.15, 0.2) is 5.79 Å². The number of cyclic esters (lactones) is 1. The first kappa shape index (κ1) is 13.1. The number of hydrogen-bond acceptors (Lipinski definition) is 5. The van der Waals surface area contributed by atoms with Gasteiger partial charge in [0.1, 0.15) is 5.41 Å². The Labute approximate surface area is 123 Å². The van der Waals surface area contributed by atoms with Gasteiger partial charge in [-0.2, -0.15) is 0 Å². The summed E-state index contributed by atoms with van der Waals surface area (Å²) in [6, 6.07) is 7.93. The molecule has 112 valence electrons. The quantitative estimate of drug-likeness (QED) is 0.842. The minimum atomic E-state index is -0.629. The zero-order chi connectivity index (χ0) is 14.5. The topological polar surface area (TPSA) is 56.8 Å². The van der Waals surface area contributed by atoms with E-state index < -0.39 is 11.2 Å². The Bertz CT molecular complexity index is 581. The summed E-state index contributed by atoms with van der Waals surface area (Å²) in [5.74, 6) is -0.762. The van der Waals surface area contributed by atoms with Crippen LogP contribution in [0.1, 0.15) is 25.3 Å². The number of anilines is 1. The van der Waals surface area contributed by atoms with E-state index in [0.717, 1.165) is 11.3 Å². The maximum Gasteiger partial charge on any atom is 0.318 e. The van der Waals surface area contributed by atoms with Crippen LogP contribution in [0.5, 0.6) is 0 Å². The van der Waals surface area contributed by atoms with Crippen LogP contribution in [0.3, 0.4) is 0 Å². The number of nitrogens with one attached hydrogen (secondary N) is 1. The van der Waals surface area contributed by atoms with Crippen LogP contribution in [-0.2, 0) is 24.4 Å². The van der Waals surface area contributed by atoms with Gasteiger partial charge in [0.2, 0.25) is 0 Å². The fraction of sp³-hybridized carbons (Fsp3) is 0.562. The summed E-state index contributed by atoms with van der Waals surface area (Å²) in [4.78, 5) is 12.5. The van der Waals surface area contributed by atoms with Crippen LogP contribution in [0.2, 0.25) is 0 Å². The molecule has 0 bridgehead atoms. The molecular weight excluding hydrogens is 270 g/mol. The maximum absolute atomic E-state index is 12.5. The van der Waals surface area contributed by atoms with Crippen molar-refractivity contribution in [3.05, 3.63) is 29.8 Å². The van der Waals surface area contributed by atoms with Gasteiger partial charge in [0, 0.05) is 18.5 Å². The summed E-state index contributed by atoms with van der Waals surface area (Å²) in [6.45, 7) is 3.63. The molecule has 1 N–H and O–H groups in total. The molecule has 0 radical (unpaired) electrons. The number of rotatable bonds is 2. The summed E-state index contributed by atoms with van der Waals surface area (Å²) in [7, 11) is 0. The standard InChI is InChI=1S/C16H19NO4/c1-15(20-8-9-21-15)10-13-16(6-7-19-14(16)18)11-4-2-3-5-12(11)17-13/h2-5,13,17H,6-10H2,1H3/t13-,16-/m0/s1. The maximum atomic E-state index is 12.5. The molecule has 0 aliphatic carbocycles. The third-order valence-electron chi connectivity index (χ3n) is 4.90. The Balaban J connectivity index is 1.73. The van der Waals surface area contributed by atoms with Crippen LogP contribution in [0.15, 0.2) is 24.3 Å². The monoisotopic (exact) mass is 289 g/mol. The van der Waals surface area contributed by atoms with E-state index in [0.29, 0.717) is 32.7 Å². The van der Waals surface area contributed by atoms with Gasteiger partial charge in [0.05, 0.1) is 25.9 Å². The fourth-order valence-electron chi connectivity index (χ4n) is 3.86. The van der Waals surface area contributed by atoms with E-state index >= 15 is 0 Å². The van der Waals surface area contributed by atoms with E-state index in [2.05, 4.69) is 5.32 Å². The van der Waals surface area contributed by atoms with E-state index in [1.807, 2.05) is 31.2 Å². The second-order valence-corrected chi connectivity index (χ2v) is 6.13. The Hall–Kier alpha value is -1.59.